The van der Waals surface area contributed by atoms with Gasteiger partial charge in [-0.1, -0.05) is 6.07 Å². The summed E-state index contributed by atoms with van der Waals surface area (Å²) in [5.74, 6) is 0.400. The maximum atomic E-state index is 12.1. The van der Waals surface area contributed by atoms with E-state index in [1.807, 2.05) is 24.4 Å². The molecule has 3 aromatic rings. The Morgan fingerprint density at radius 1 is 1.42 bits per heavy atom. The summed E-state index contributed by atoms with van der Waals surface area (Å²) in [7, 11) is 0. The molecule has 0 saturated carbocycles. The Balaban J connectivity index is 2.25. The molecule has 3 rings (SSSR count). The highest BCUT2D eigenvalue weighted by atomic mass is 32.1. The number of nitrogens with one attached hydrogen (secondary N) is 2. The van der Waals surface area contributed by atoms with Crippen molar-refractivity contribution in [3.05, 3.63) is 45.7 Å². The number of nitrogens with zero attached hydrogens (tertiary/aromatic N) is 1. The second-order valence-electron chi connectivity index (χ2n) is 4.23. The molecule has 19 heavy (non-hydrogen) atoms. The number of H-pyrrole nitrogens is 2. The van der Waals surface area contributed by atoms with Gasteiger partial charge in [-0.3, -0.25) is 9.89 Å². The van der Waals surface area contributed by atoms with Crippen LogP contribution in [0.25, 0.3) is 21.7 Å². The minimum Gasteiger partial charge on any atom is -0.382 e. The van der Waals surface area contributed by atoms with E-state index in [9.17, 15) is 4.79 Å². The average molecular weight is 272 g/mol. The molecule has 0 amide bonds. The molecule has 0 aromatic carbocycles. The van der Waals surface area contributed by atoms with Crippen LogP contribution in [-0.2, 0) is 0 Å². The molecule has 0 aliphatic carbocycles. The zero-order valence-electron chi connectivity index (χ0n) is 10.2. The fraction of sp³-hybridized carbons (Fsp3) is 0.0769. The highest BCUT2D eigenvalue weighted by Crippen LogP contribution is 2.35. The molecule has 3 aromatic heterocycles. The third-order valence-electron chi connectivity index (χ3n) is 2.89. The highest BCUT2D eigenvalue weighted by molar-refractivity contribution is 7.13. The van der Waals surface area contributed by atoms with Gasteiger partial charge in [-0.25, -0.2) is 0 Å². The van der Waals surface area contributed by atoms with Gasteiger partial charge in [0.25, 0.3) is 0 Å². The average Bonchev–Trinajstić information content (AvgIpc) is 2.98. The summed E-state index contributed by atoms with van der Waals surface area (Å²) in [6.45, 7) is 1.84. The number of aromatic amines is 2. The van der Waals surface area contributed by atoms with Crippen LogP contribution in [0.3, 0.4) is 0 Å². The number of thiophene rings is 1. The third kappa shape index (κ3) is 1.96. The summed E-state index contributed by atoms with van der Waals surface area (Å²) in [6, 6.07) is 5.46. The van der Waals surface area contributed by atoms with Crippen molar-refractivity contribution >= 4 is 17.2 Å². The number of aromatic nitrogens is 3. The number of pyridine rings is 1. The Morgan fingerprint density at radius 3 is 2.95 bits per heavy atom. The quantitative estimate of drug-likeness (QED) is 0.669. The highest BCUT2D eigenvalue weighted by Gasteiger charge is 2.17. The number of hydrogen-bond acceptors (Lipinski definition) is 4. The first-order valence-electron chi connectivity index (χ1n) is 5.74. The van der Waals surface area contributed by atoms with Crippen molar-refractivity contribution in [2.75, 3.05) is 5.73 Å². The second kappa shape index (κ2) is 4.40. The van der Waals surface area contributed by atoms with E-state index in [1.165, 1.54) is 0 Å². The van der Waals surface area contributed by atoms with Gasteiger partial charge >= 0.3 is 0 Å². The van der Waals surface area contributed by atoms with Gasteiger partial charge in [0.2, 0.25) is 0 Å². The zero-order chi connectivity index (χ0) is 13.4. The molecular weight excluding hydrogens is 260 g/mol. The molecule has 96 valence electrons. The lowest BCUT2D eigenvalue weighted by Crippen LogP contribution is -2.05. The first-order chi connectivity index (χ1) is 9.16. The van der Waals surface area contributed by atoms with Gasteiger partial charge in [0.1, 0.15) is 0 Å². The van der Waals surface area contributed by atoms with Crippen LogP contribution in [0.1, 0.15) is 5.69 Å². The molecule has 0 aliphatic heterocycles. The number of rotatable bonds is 2. The predicted molar refractivity (Wildman–Crippen MR) is 77.1 cm³/mol. The van der Waals surface area contributed by atoms with E-state index < -0.39 is 0 Å². The first kappa shape index (κ1) is 11.7. The van der Waals surface area contributed by atoms with Crippen LogP contribution in [-0.4, -0.2) is 15.2 Å². The van der Waals surface area contributed by atoms with Gasteiger partial charge in [-0.05, 0) is 18.4 Å². The van der Waals surface area contributed by atoms with Crippen LogP contribution >= 0.6 is 11.3 Å². The van der Waals surface area contributed by atoms with Crippen molar-refractivity contribution in [1.82, 2.24) is 15.2 Å². The van der Waals surface area contributed by atoms with Crippen LogP contribution in [0.15, 0.2) is 34.6 Å². The molecule has 0 bridgehead atoms. The summed E-state index contributed by atoms with van der Waals surface area (Å²) in [5.41, 5.74) is 8.64. The lowest BCUT2D eigenvalue weighted by atomic mass is 10.1. The van der Waals surface area contributed by atoms with E-state index in [0.29, 0.717) is 17.1 Å². The van der Waals surface area contributed by atoms with Crippen LogP contribution < -0.4 is 11.2 Å². The van der Waals surface area contributed by atoms with Crippen molar-refractivity contribution < 1.29 is 0 Å². The zero-order valence-corrected chi connectivity index (χ0v) is 11.0. The monoisotopic (exact) mass is 272 g/mol. The van der Waals surface area contributed by atoms with Gasteiger partial charge in [0, 0.05) is 22.8 Å². The van der Waals surface area contributed by atoms with Gasteiger partial charge in [-0.15, -0.1) is 11.3 Å². The van der Waals surface area contributed by atoms with E-state index in [0.717, 1.165) is 16.1 Å². The summed E-state index contributed by atoms with van der Waals surface area (Å²) in [5, 5.41) is 8.83. The van der Waals surface area contributed by atoms with Crippen LogP contribution in [0.2, 0.25) is 0 Å². The van der Waals surface area contributed by atoms with E-state index in [2.05, 4.69) is 15.2 Å². The van der Waals surface area contributed by atoms with Crippen molar-refractivity contribution in [3.63, 3.8) is 0 Å². The Kier molecular flexibility index (Phi) is 2.72. The fourth-order valence-corrected chi connectivity index (χ4v) is 2.78. The fourth-order valence-electron chi connectivity index (χ4n) is 1.99. The van der Waals surface area contributed by atoms with Crippen LogP contribution in [0.4, 0.5) is 5.82 Å². The molecule has 0 spiro atoms. The number of aryl methyl sites for hydroxylation is 1. The molecule has 0 fully saturated rings. The minimum atomic E-state index is -0.0577. The van der Waals surface area contributed by atoms with Gasteiger partial charge in [0.05, 0.1) is 16.8 Å². The number of nitrogens with two attached hydrogens (primary N) is 1. The normalized spacial score (nSPS) is 10.8. The topological polar surface area (TPSA) is 87.6 Å². The lowest BCUT2D eigenvalue weighted by molar-refractivity contribution is 1.09. The predicted octanol–water partition coefficient (Wildman–Crippen LogP) is 2.38. The number of anilines is 1. The van der Waals surface area contributed by atoms with E-state index in [1.54, 1.807) is 23.6 Å². The van der Waals surface area contributed by atoms with Crippen molar-refractivity contribution in [2.45, 2.75) is 6.92 Å². The first-order valence-corrected chi connectivity index (χ1v) is 6.62. The smallest absolute Gasteiger partial charge is 0.191 e. The molecule has 0 radical (unpaired) electrons. The van der Waals surface area contributed by atoms with Crippen LogP contribution in [0.5, 0.6) is 0 Å². The Bertz CT molecular complexity index is 770. The Labute approximate surface area is 113 Å². The SMILES string of the molecule is Cc1cc(=O)c(-c2[nH]nc(N)c2-c2cccs2)c[nH]1. The summed E-state index contributed by atoms with van der Waals surface area (Å²) in [4.78, 5) is 16.1. The largest absolute Gasteiger partial charge is 0.382 e. The maximum absolute atomic E-state index is 12.1. The number of hydrogen-bond donors (Lipinski definition) is 3. The van der Waals surface area contributed by atoms with Crippen LogP contribution in [0, 0.1) is 6.92 Å². The molecular formula is C13H12N4OS. The molecule has 5 nitrogen and oxygen atoms in total. The molecule has 0 saturated heterocycles. The minimum absolute atomic E-state index is 0.0577. The molecule has 6 heteroatoms. The molecule has 0 atom stereocenters. The molecule has 3 heterocycles. The van der Waals surface area contributed by atoms with E-state index in [-0.39, 0.29) is 5.43 Å². The molecule has 0 aliphatic rings. The standard InChI is InChI=1S/C13H12N4OS/c1-7-5-9(18)8(6-15-7)12-11(13(14)17-16-12)10-3-2-4-19-10/h2-6H,1H3,(H,15,18)(H3,14,16,17). The Morgan fingerprint density at radius 2 is 2.26 bits per heavy atom. The second-order valence-corrected chi connectivity index (χ2v) is 5.18. The maximum Gasteiger partial charge on any atom is 0.191 e. The molecule has 0 unspecified atom stereocenters. The van der Waals surface area contributed by atoms with E-state index >= 15 is 0 Å². The third-order valence-corrected chi connectivity index (χ3v) is 3.78. The Hall–Kier alpha value is -2.34. The summed E-state index contributed by atoms with van der Waals surface area (Å²) < 4.78 is 0. The van der Waals surface area contributed by atoms with Gasteiger partial charge < -0.3 is 10.7 Å². The lowest BCUT2D eigenvalue weighted by Gasteiger charge is -2.02. The van der Waals surface area contributed by atoms with Crippen molar-refractivity contribution in [2.24, 2.45) is 0 Å². The summed E-state index contributed by atoms with van der Waals surface area (Å²) in [6.07, 6.45) is 1.68. The van der Waals surface area contributed by atoms with Gasteiger partial charge in [0.15, 0.2) is 11.2 Å². The van der Waals surface area contributed by atoms with Crippen molar-refractivity contribution in [1.29, 1.82) is 0 Å². The van der Waals surface area contributed by atoms with Crippen molar-refractivity contribution in [3.8, 4) is 21.7 Å². The number of nitrogen functional groups attached to an aromatic ring is 1. The summed E-state index contributed by atoms with van der Waals surface area (Å²) >= 11 is 1.56. The van der Waals surface area contributed by atoms with E-state index in [4.69, 9.17) is 5.73 Å². The van der Waals surface area contributed by atoms with Gasteiger partial charge in [-0.2, -0.15) is 5.10 Å². The molecule has 4 N–H and O–H groups in total.